The largest absolute Gasteiger partial charge is 0.480 e. The van der Waals surface area contributed by atoms with Crippen LogP contribution in [-0.4, -0.2) is 65.0 Å². The summed E-state index contributed by atoms with van der Waals surface area (Å²) in [5.74, 6) is -2.23. The van der Waals surface area contributed by atoms with E-state index >= 15 is 0 Å². The molecule has 196 valence electrons. The summed E-state index contributed by atoms with van der Waals surface area (Å²) >= 11 is 1.58. The number of carboxylic acids is 1. The second kappa shape index (κ2) is 15.4. The average molecular weight is 509 g/mol. The van der Waals surface area contributed by atoms with E-state index in [1.807, 2.05) is 50.4 Å². The minimum atomic E-state index is -1.15. The Bertz CT molecular complexity index is 834. The Morgan fingerprint density at radius 1 is 0.914 bits per heavy atom. The number of aliphatic carboxylic acids is 1. The molecular weight excluding hydrogens is 468 g/mol. The fourth-order valence-corrected chi connectivity index (χ4v) is 3.95. The summed E-state index contributed by atoms with van der Waals surface area (Å²) in [6.45, 7) is 7.24. The lowest BCUT2D eigenvalue weighted by molar-refractivity contribution is -0.143. The van der Waals surface area contributed by atoms with Crippen LogP contribution in [0.3, 0.4) is 0 Å². The molecule has 1 aromatic rings. The monoisotopic (exact) mass is 508 g/mol. The molecule has 3 amide bonds. The summed E-state index contributed by atoms with van der Waals surface area (Å²) in [7, 11) is 0. The number of nitrogens with one attached hydrogen (secondary N) is 3. The van der Waals surface area contributed by atoms with Gasteiger partial charge in [-0.3, -0.25) is 14.4 Å². The molecule has 1 rings (SSSR count). The number of carboxylic acid groups (broad SMARTS) is 1. The van der Waals surface area contributed by atoms with Gasteiger partial charge in [-0.15, -0.1) is 0 Å². The Kier molecular flexibility index (Phi) is 13.4. The molecule has 4 atom stereocenters. The number of thioether (sulfide) groups is 1. The average Bonchev–Trinajstić information content (AvgIpc) is 2.79. The van der Waals surface area contributed by atoms with Crippen LogP contribution in [0.5, 0.6) is 0 Å². The quantitative estimate of drug-likeness (QED) is 0.241. The second-order valence-electron chi connectivity index (χ2n) is 9.40. The molecule has 1 aromatic carbocycles. The van der Waals surface area contributed by atoms with Crippen molar-refractivity contribution in [3.63, 3.8) is 0 Å². The zero-order chi connectivity index (χ0) is 26.5. The van der Waals surface area contributed by atoms with Gasteiger partial charge in [0.25, 0.3) is 0 Å². The van der Waals surface area contributed by atoms with Gasteiger partial charge in [0.15, 0.2) is 0 Å². The fourth-order valence-electron chi connectivity index (χ4n) is 3.46. The van der Waals surface area contributed by atoms with Gasteiger partial charge in [-0.25, -0.2) is 4.79 Å². The number of nitrogens with two attached hydrogens (primary N) is 1. The fraction of sp³-hybridized carbons (Fsp3) is 0.600. The van der Waals surface area contributed by atoms with Crippen molar-refractivity contribution in [2.75, 3.05) is 12.0 Å². The van der Waals surface area contributed by atoms with Gasteiger partial charge in [0.2, 0.25) is 17.7 Å². The number of rotatable bonds is 15. The van der Waals surface area contributed by atoms with E-state index in [1.54, 1.807) is 25.6 Å². The van der Waals surface area contributed by atoms with Gasteiger partial charge in [-0.05, 0) is 42.2 Å². The normalized spacial score (nSPS) is 14.6. The molecule has 0 spiro atoms. The Hall–Kier alpha value is -2.59. The van der Waals surface area contributed by atoms with Crippen LogP contribution in [-0.2, 0) is 25.6 Å². The van der Waals surface area contributed by atoms with E-state index in [2.05, 4.69) is 16.0 Å². The molecule has 0 fully saturated rings. The Morgan fingerprint density at radius 3 is 2.00 bits per heavy atom. The molecule has 9 nitrogen and oxygen atoms in total. The van der Waals surface area contributed by atoms with E-state index in [-0.39, 0.29) is 18.3 Å². The summed E-state index contributed by atoms with van der Waals surface area (Å²) in [5, 5.41) is 17.5. The molecule has 10 heteroatoms. The highest BCUT2D eigenvalue weighted by molar-refractivity contribution is 7.98. The van der Waals surface area contributed by atoms with E-state index in [1.165, 1.54) is 0 Å². The van der Waals surface area contributed by atoms with Crippen LogP contribution >= 0.6 is 11.8 Å². The van der Waals surface area contributed by atoms with Crippen LogP contribution in [0.25, 0.3) is 0 Å². The molecule has 0 aliphatic heterocycles. The number of hydrogen-bond donors (Lipinski definition) is 5. The van der Waals surface area contributed by atoms with E-state index in [4.69, 9.17) is 5.73 Å². The molecule has 35 heavy (non-hydrogen) atoms. The number of carbonyl (C=O) groups excluding carboxylic acids is 3. The lowest BCUT2D eigenvalue weighted by Crippen LogP contribution is -2.58. The topological polar surface area (TPSA) is 151 Å². The first-order chi connectivity index (χ1) is 16.5. The predicted octanol–water partition coefficient (Wildman–Crippen LogP) is 1.55. The summed E-state index contributed by atoms with van der Waals surface area (Å²) in [5.41, 5.74) is 6.77. The zero-order valence-electron chi connectivity index (χ0n) is 21.2. The summed E-state index contributed by atoms with van der Waals surface area (Å²) in [4.78, 5) is 50.5. The second-order valence-corrected chi connectivity index (χ2v) is 10.4. The molecule has 0 aliphatic carbocycles. The van der Waals surface area contributed by atoms with E-state index in [9.17, 15) is 24.3 Å². The number of carbonyl (C=O) groups is 4. The lowest BCUT2D eigenvalue weighted by Gasteiger charge is -2.27. The SMILES string of the molecule is CSCC[C@H](N)C(=O)N[C@@H](CC(C)C)C(=O)N[C@@H](Cc1ccccc1)C(=O)N[C@H](C(=O)O)C(C)C. The van der Waals surface area contributed by atoms with E-state index in [0.29, 0.717) is 12.8 Å². The molecule has 0 saturated carbocycles. The van der Waals surface area contributed by atoms with Crippen LogP contribution in [0, 0.1) is 11.8 Å². The van der Waals surface area contributed by atoms with Crippen LogP contribution < -0.4 is 21.7 Å². The molecule has 0 bridgehead atoms. The van der Waals surface area contributed by atoms with Gasteiger partial charge in [-0.1, -0.05) is 58.0 Å². The van der Waals surface area contributed by atoms with E-state index < -0.39 is 47.9 Å². The van der Waals surface area contributed by atoms with Crippen molar-refractivity contribution >= 4 is 35.5 Å². The van der Waals surface area contributed by atoms with Crippen molar-refractivity contribution in [3.05, 3.63) is 35.9 Å². The summed E-state index contributed by atoms with van der Waals surface area (Å²) in [6, 6.07) is 5.37. The van der Waals surface area contributed by atoms with Crippen molar-refractivity contribution < 1.29 is 24.3 Å². The van der Waals surface area contributed by atoms with Gasteiger partial charge in [-0.2, -0.15) is 11.8 Å². The first-order valence-corrected chi connectivity index (χ1v) is 13.3. The molecule has 0 radical (unpaired) electrons. The van der Waals surface area contributed by atoms with Gasteiger partial charge >= 0.3 is 5.97 Å². The molecule has 0 heterocycles. The van der Waals surface area contributed by atoms with Crippen molar-refractivity contribution in [1.29, 1.82) is 0 Å². The molecule has 0 aliphatic rings. The van der Waals surface area contributed by atoms with Crippen molar-refractivity contribution in [2.24, 2.45) is 17.6 Å². The van der Waals surface area contributed by atoms with Crippen molar-refractivity contribution in [3.8, 4) is 0 Å². The van der Waals surface area contributed by atoms with Gasteiger partial charge in [0.05, 0.1) is 6.04 Å². The first kappa shape index (κ1) is 30.4. The molecule has 6 N–H and O–H groups in total. The highest BCUT2D eigenvalue weighted by Gasteiger charge is 2.31. The number of hydrogen-bond acceptors (Lipinski definition) is 6. The predicted molar refractivity (Wildman–Crippen MR) is 139 cm³/mol. The maximum Gasteiger partial charge on any atom is 0.326 e. The standard InChI is InChI=1S/C25H40N4O5S/c1-15(2)13-19(27-22(30)18(26)11-12-35-5)23(31)28-20(14-17-9-7-6-8-10-17)24(32)29-21(16(3)4)25(33)34/h6-10,15-16,18-21H,11-14,26H2,1-5H3,(H,27,30)(H,28,31)(H,29,32)(H,33,34)/t18-,19-,20-,21-/m0/s1. The highest BCUT2D eigenvalue weighted by atomic mass is 32.2. The van der Waals surface area contributed by atoms with Crippen LogP contribution in [0.4, 0.5) is 0 Å². The molecule has 0 unspecified atom stereocenters. The first-order valence-electron chi connectivity index (χ1n) is 11.9. The number of benzene rings is 1. The van der Waals surface area contributed by atoms with Gasteiger partial charge < -0.3 is 26.8 Å². The van der Waals surface area contributed by atoms with Crippen molar-refractivity contribution in [2.45, 2.75) is 71.1 Å². The smallest absolute Gasteiger partial charge is 0.326 e. The van der Waals surface area contributed by atoms with Crippen LogP contribution in [0.2, 0.25) is 0 Å². The zero-order valence-corrected chi connectivity index (χ0v) is 22.1. The third kappa shape index (κ3) is 11.1. The van der Waals surface area contributed by atoms with Gasteiger partial charge in [0.1, 0.15) is 18.1 Å². The lowest BCUT2D eigenvalue weighted by atomic mass is 9.99. The minimum absolute atomic E-state index is 0.0900. The Balaban J connectivity index is 3.09. The third-order valence-corrected chi connectivity index (χ3v) is 6.10. The van der Waals surface area contributed by atoms with Crippen molar-refractivity contribution in [1.82, 2.24) is 16.0 Å². The highest BCUT2D eigenvalue weighted by Crippen LogP contribution is 2.10. The Morgan fingerprint density at radius 2 is 1.49 bits per heavy atom. The van der Waals surface area contributed by atoms with Crippen LogP contribution in [0.1, 0.15) is 46.1 Å². The molecule has 0 saturated heterocycles. The summed E-state index contributed by atoms with van der Waals surface area (Å²) < 4.78 is 0. The third-order valence-electron chi connectivity index (χ3n) is 5.46. The maximum atomic E-state index is 13.2. The van der Waals surface area contributed by atoms with Crippen LogP contribution in [0.15, 0.2) is 30.3 Å². The molecule has 0 aromatic heterocycles. The maximum absolute atomic E-state index is 13.2. The minimum Gasteiger partial charge on any atom is -0.480 e. The Labute approximate surface area is 212 Å². The van der Waals surface area contributed by atoms with E-state index in [0.717, 1.165) is 11.3 Å². The molecular formula is C25H40N4O5S. The van der Waals surface area contributed by atoms with Gasteiger partial charge in [0, 0.05) is 6.42 Å². The summed E-state index contributed by atoms with van der Waals surface area (Å²) in [6.07, 6.45) is 2.92. The number of amides is 3.